The van der Waals surface area contributed by atoms with Crippen molar-refractivity contribution in [3.63, 3.8) is 0 Å². The predicted molar refractivity (Wildman–Crippen MR) is 91.0 cm³/mol. The molecule has 2 atom stereocenters. The molecule has 2 aromatic heterocycles. The van der Waals surface area contributed by atoms with Gasteiger partial charge in [0, 0.05) is 24.5 Å². The SMILES string of the molecule is O=C(c1ccsc1)N1CC[C@]2(C[C@@H](OCc3ccccn3)CO2)C1. The van der Waals surface area contributed by atoms with Gasteiger partial charge in [-0.3, -0.25) is 9.78 Å². The summed E-state index contributed by atoms with van der Waals surface area (Å²) in [7, 11) is 0. The van der Waals surface area contributed by atoms with Crippen LogP contribution in [0.2, 0.25) is 0 Å². The van der Waals surface area contributed by atoms with Crippen molar-refractivity contribution in [1.29, 1.82) is 0 Å². The lowest BCUT2D eigenvalue weighted by molar-refractivity contribution is -0.0000980. The summed E-state index contributed by atoms with van der Waals surface area (Å²) in [6, 6.07) is 7.70. The van der Waals surface area contributed by atoms with E-state index in [1.807, 2.05) is 39.9 Å². The van der Waals surface area contributed by atoms with E-state index in [1.165, 1.54) is 0 Å². The maximum absolute atomic E-state index is 12.5. The smallest absolute Gasteiger partial charge is 0.254 e. The van der Waals surface area contributed by atoms with Gasteiger partial charge in [-0.05, 0) is 30.0 Å². The van der Waals surface area contributed by atoms with E-state index < -0.39 is 0 Å². The highest BCUT2D eigenvalue weighted by Gasteiger charge is 2.47. The molecule has 2 saturated heterocycles. The average Bonchev–Trinajstić information content (AvgIpc) is 3.36. The van der Waals surface area contributed by atoms with E-state index in [4.69, 9.17) is 9.47 Å². The first-order valence-electron chi connectivity index (χ1n) is 8.21. The zero-order valence-corrected chi connectivity index (χ0v) is 14.2. The Morgan fingerprint density at radius 1 is 1.46 bits per heavy atom. The van der Waals surface area contributed by atoms with Crippen molar-refractivity contribution >= 4 is 17.2 Å². The van der Waals surface area contributed by atoms with Gasteiger partial charge < -0.3 is 14.4 Å². The van der Waals surface area contributed by atoms with Crippen molar-refractivity contribution in [2.75, 3.05) is 19.7 Å². The minimum absolute atomic E-state index is 0.0724. The molecule has 1 spiro atoms. The Labute approximate surface area is 145 Å². The van der Waals surface area contributed by atoms with Gasteiger partial charge in [0.25, 0.3) is 5.91 Å². The molecule has 0 N–H and O–H groups in total. The molecule has 24 heavy (non-hydrogen) atoms. The van der Waals surface area contributed by atoms with Crippen LogP contribution in [0.1, 0.15) is 28.9 Å². The molecule has 0 saturated carbocycles. The van der Waals surface area contributed by atoms with E-state index >= 15 is 0 Å². The van der Waals surface area contributed by atoms with Gasteiger partial charge in [0.15, 0.2) is 0 Å². The van der Waals surface area contributed by atoms with Crippen LogP contribution in [0.25, 0.3) is 0 Å². The number of likely N-dealkylation sites (tertiary alicyclic amines) is 1. The summed E-state index contributed by atoms with van der Waals surface area (Å²) in [6.45, 7) is 2.50. The number of hydrogen-bond acceptors (Lipinski definition) is 5. The molecular weight excluding hydrogens is 324 g/mol. The summed E-state index contributed by atoms with van der Waals surface area (Å²) >= 11 is 1.55. The molecule has 2 aliphatic heterocycles. The van der Waals surface area contributed by atoms with Crippen LogP contribution in [0.5, 0.6) is 0 Å². The Bertz CT molecular complexity index is 692. The molecule has 0 aromatic carbocycles. The monoisotopic (exact) mass is 344 g/mol. The number of ether oxygens (including phenoxy) is 2. The zero-order valence-electron chi connectivity index (χ0n) is 13.4. The molecule has 0 unspecified atom stereocenters. The van der Waals surface area contributed by atoms with Crippen molar-refractivity contribution in [3.05, 3.63) is 52.5 Å². The van der Waals surface area contributed by atoms with Gasteiger partial charge in [-0.1, -0.05) is 6.07 Å². The topological polar surface area (TPSA) is 51.7 Å². The minimum atomic E-state index is -0.236. The van der Waals surface area contributed by atoms with E-state index in [1.54, 1.807) is 17.5 Å². The lowest BCUT2D eigenvalue weighted by Crippen LogP contribution is -2.36. The van der Waals surface area contributed by atoms with Gasteiger partial charge >= 0.3 is 0 Å². The molecule has 2 aromatic rings. The molecule has 0 radical (unpaired) electrons. The second-order valence-corrected chi connectivity index (χ2v) is 7.22. The van der Waals surface area contributed by atoms with Crippen LogP contribution >= 0.6 is 11.3 Å². The Kier molecular flexibility index (Phi) is 4.35. The quantitative estimate of drug-likeness (QED) is 0.856. The summed E-state index contributed by atoms with van der Waals surface area (Å²) in [5.41, 5.74) is 1.47. The highest BCUT2D eigenvalue weighted by molar-refractivity contribution is 7.08. The Balaban J connectivity index is 1.32. The lowest BCUT2D eigenvalue weighted by Gasteiger charge is -2.23. The second kappa shape index (κ2) is 6.63. The number of aromatic nitrogens is 1. The fourth-order valence-corrected chi connectivity index (χ4v) is 4.10. The normalized spacial score (nSPS) is 26.3. The van der Waals surface area contributed by atoms with Crippen molar-refractivity contribution in [1.82, 2.24) is 9.88 Å². The number of amides is 1. The molecule has 126 valence electrons. The largest absolute Gasteiger partial charge is 0.370 e. The highest BCUT2D eigenvalue weighted by atomic mass is 32.1. The van der Waals surface area contributed by atoms with E-state index in [-0.39, 0.29) is 17.6 Å². The zero-order chi connectivity index (χ0) is 16.4. The first kappa shape index (κ1) is 15.7. The van der Waals surface area contributed by atoms with Crippen molar-refractivity contribution < 1.29 is 14.3 Å². The number of hydrogen-bond donors (Lipinski definition) is 0. The van der Waals surface area contributed by atoms with E-state index in [9.17, 15) is 4.79 Å². The standard InChI is InChI=1S/C18H20N2O3S/c21-17(14-4-8-24-12-14)20-7-5-18(13-20)9-16(11-23-18)22-10-15-3-1-2-6-19-15/h1-4,6,8,12,16H,5,7,9-11,13H2/t16-,18+/m1/s1. The molecular formula is C18H20N2O3S. The summed E-state index contributed by atoms with van der Waals surface area (Å²) in [5, 5.41) is 3.84. The summed E-state index contributed by atoms with van der Waals surface area (Å²) in [6.07, 6.45) is 3.57. The van der Waals surface area contributed by atoms with Crippen LogP contribution in [0, 0.1) is 0 Å². The van der Waals surface area contributed by atoms with Crippen LogP contribution in [0.15, 0.2) is 41.2 Å². The van der Waals surface area contributed by atoms with Gasteiger partial charge in [0.2, 0.25) is 0 Å². The molecule has 4 rings (SSSR count). The maximum atomic E-state index is 12.5. The number of thiophene rings is 1. The third-order valence-corrected chi connectivity index (χ3v) is 5.42. The Morgan fingerprint density at radius 2 is 2.42 bits per heavy atom. The number of carbonyl (C=O) groups is 1. The number of rotatable bonds is 4. The summed E-state index contributed by atoms with van der Waals surface area (Å²) in [5.74, 6) is 0.106. The van der Waals surface area contributed by atoms with E-state index in [2.05, 4.69) is 4.98 Å². The highest BCUT2D eigenvalue weighted by Crippen LogP contribution is 2.37. The molecule has 0 bridgehead atoms. The van der Waals surface area contributed by atoms with Gasteiger partial charge in [-0.15, -0.1) is 0 Å². The minimum Gasteiger partial charge on any atom is -0.370 e. The molecule has 0 aliphatic carbocycles. The van der Waals surface area contributed by atoms with Gasteiger partial charge in [0.05, 0.1) is 42.7 Å². The van der Waals surface area contributed by atoms with Crippen molar-refractivity contribution in [3.8, 4) is 0 Å². The fraction of sp³-hybridized carbons (Fsp3) is 0.444. The van der Waals surface area contributed by atoms with Crippen molar-refractivity contribution in [2.45, 2.75) is 31.2 Å². The summed E-state index contributed by atoms with van der Waals surface area (Å²) < 4.78 is 12.0. The Hall–Kier alpha value is -1.76. The van der Waals surface area contributed by atoms with E-state index in [0.29, 0.717) is 19.8 Å². The van der Waals surface area contributed by atoms with Gasteiger partial charge in [-0.25, -0.2) is 0 Å². The molecule has 1 amide bonds. The van der Waals surface area contributed by atoms with Crippen LogP contribution in [-0.4, -0.2) is 47.2 Å². The first-order valence-corrected chi connectivity index (χ1v) is 9.15. The van der Waals surface area contributed by atoms with Gasteiger partial charge in [0.1, 0.15) is 0 Å². The van der Waals surface area contributed by atoms with Crippen LogP contribution in [-0.2, 0) is 16.1 Å². The van der Waals surface area contributed by atoms with Crippen molar-refractivity contribution in [2.24, 2.45) is 0 Å². The molecule has 2 aliphatic rings. The molecule has 5 nitrogen and oxygen atoms in total. The third-order valence-electron chi connectivity index (χ3n) is 4.74. The lowest BCUT2D eigenvalue weighted by atomic mass is 9.98. The van der Waals surface area contributed by atoms with Gasteiger partial charge in [-0.2, -0.15) is 11.3 Å². The van der Waals surface area contributed by atoms with Crippen LogP contribution in [0.4, 0.5) is 0 Å². The number of nitrogens with zero attached hydrogens (tertiary/aromatic N) is 2. The Morgan fingerprint density at radius 3 is 3.21 bits per heavy atom. The average molecular weight is 344 g/mol. The number of pyridine rings is 1. The summed E-state index contributed by atoms with van der Waals surface area (Å²) in [4.78, 5) is 18.7. The fourth-order valence-electron chi connectivity index (χ4n) is 3.47. The van der Waals surface area contributed by atoms with Crippen LogP contribution < -0.4 is 0 Å². The predicted octanol–water partition coefficient (Wildman–Crippen LogP) is 2.73. The molecule has 2 fully saturated rings. The second-order valence-electron chi connectivity index (χ2n) is 6.44. The molecule has 6 heteroatoms. The third kappa shape index (κ3) is 3.22. The first-order chi connectivity index (χ1) is 11.7. The maximum Gasteiger partial charge on any atom is 0.254 e. The number of carbonyl (C=O) groups excluding carboxylic acids is 1. The molecule has 4 heterocycles. The van der Waals surface area contributed by atoms with Crippen LogP contribution in [0.3, 0.4) is 0 Å². The van der Waals surface area contributed by atoms with E-state index in [0.717, 1.165) is 30.6 Å².